The SMILES string of the molecule is Cc1ccc(S(=N)(=N)c2ccccc2)cc1. The van der Waals surface area contributed by atoms with Gasteiger partial charge in [-0.1, -0.05) is 35.9 Å². The van der Waals surface area contributed by atoms with Gasteiger partial charge >= 0.3 is 0 Å². The molecule has 0 spiro atoms. The van der Waals surface area contributed by atoms with Crippen LogP contribution in [0.1, 0.15) is 5.56 Å². The van der Waals surface area contributed by atoms with Gasteiger partial charge in [0.25, 0.3) is 0 Å². The van der Waals surface area contributed by atoms with Crippen molar-refractivity contribution in [2.24, 2.45) is 0 Å². The first-order valence-corrected chi connectivity index (χ1v) is 6.68. The number of benzene rings is 2. The number of aryl methyl sites for hydroxylation is 1. The zero-order valence-electron chi connectivity index (χ0n) is 9.10. The van der Waals surface area contributed by atoms with Gasteiger partial charge in [-0.25, -0.2) is 0 Å². The summed E-state index contributed by atoms with van der Waals surface area (Å²) in [6.07, 6.45) is 0. The van der Waals surface area contributed by atoms with Crippen LogP contribution in [0.25, 0.3) is 0 Å². The summed E-state index contributed by atoms with van der Waals surface area (Å²) < 4.78 is 16.5. The van der Waals surface area contributed by atoms with Crippen molar-refractivity contribution < 1.29 is 0 Å². The summed E-state index contributed by atoms with van der Waals surface area (Å²) in [4.78, 5) is 1.56. The molecule has 0 aliphatic heterocycles. The van der Waals surface area contributed by atoms with Crippen LogP contribution < -0.4 is 0 Å². The molecule has 82 valence electrons. The van der Waals surface area contributed by atoms with Crippen LogP contribution in [0.2, 0.25) is 0 Å². The Hall–Kier alpha value is -1.61. The van der Waals surface area contributed by atoms with E-state index in [2.05, 4.69) is 0 Å². The molecule has 0 radical (unpaired) electrons. The first-order chi connectivity index (χ1) is 7.60. The normalized spacial score (nSPS) is 11.3. The third kappa shape index (κ3) is 1.99. The molecule has 0 atom stereocenters. The fourth-order valence-electron chi connectivity index (χ4n) is 1.50. The van der Waals surface area contributed by atoms with Crippen molar-refractivity contribution in [2.75, 3.05) is 0 Å². The monoisotopic (exact) mass is 230 g/mol. The van der Waals surface area contributed by atoms with E-state index in [1.165, 1.54) is 0 Å². The van der Waals surface area contributed by atoms with E-state index in [4.69, 9.17) is 9.56 Å². The number of nitrogens with one attached hydrogen (secondary N) is 2. The van der Waals surface area contributed by atoms with Crippen LogP contribution in [0.15, 0.2) is 64.4 Å². The highest BCUT2D eigenvalue weighted by atomic mass is 32.2. The van der Waals surface area contributed by atoms with E-state index >= 15 is 0 Å². The van der Waals surface area contributed by atoms with Crippen LogP contribution in [0.4, 0.5) is 0 Å². The second kappa shape index (κ2) is 4.10. The Balaban J connectivity index is 2.52. The van der Waals surface area contributed by atoms with E-state index in [0.29, 0.717) is 0 Å². The van der Waals surface area contributed by atoms with E-state index in [0.717, 1.165) is 15.4 Å². The van der Waals surface area contributed by atoms with Crippen LogP contribution in [-0.4, -0.2) is 0 Å². The second-order valence-corrected chi connectivity index (χ2v) is 5.91. The summed E-state index contributed by atoms with van der Waals surface area (Å²) in [6, 6.07) is 17.1. The van der Waals surface area contributed by atoms with E-state index in [1.54, 1.807) is 0 Å². The van der Waals surface area contributed by atoms with E-state index in [-0.39, 0.29) is 0 Å². The minimum atomic E-state index is -2.36. The van der Waals surface area contributed by atoms with Crippen molar-refractivity contribution in [2.45, 2.75) is 16.7 Å². The molecule has 0 bridgehead atoms. The molecule has 2 aromatic rings. The van der Waals surface area contributed by atoms with Gasteiger partial charge in [-0.2, -0.15) is 0 Å². The van der Waals surface area contributed by atoms with Gasteiger partial charge in [0.15, 0.2) is 0 Å². The Morgan fingerprint density at radius 2 is 1.25 bits per heavy atom. The molecular formula is C13H14N2S. The summed E-state index contributed by atoms with van der Waals surface area (Å²) in [5, 5.41) is 0. The van der Waals surface area contributed by atoms with Crippen molar-refractivity contribution in [1.82, 2.24) is 0 Å². The second-order valence-electron chi connectivity index (χ2n) is 3.74. The molecule has 0 heterocycles. The number of hydrogen-bond acceptors (Lipinski definition) is 2. The van der Waals surface area contributed by atoms with E-state index in [1.807, 2.05) is 61.5 Å². The third-order valence-electron chi connectivity index (χ3n) is 2.47. The summed E-state index contributed by atoms with van der Waals surface area (Å²) >= 11 is 0. The van der Waals surface area contributed by atoms with Gasteiger partial charge in [0.05, 0.1) is 0 Å². The molecule has 2 nitrogen and oxygen atoms in total. The Labute approximate surface area is 96.4 Å². The van der Waals surface area contributed by atoms with Crippen molar-refractivity contribution >= 4 is 9.62 Å². The molecule has 0 amide bonds. The summed E-state index contributed by atoms with van der Waals surface area (Å²) in [6.45, 7) is 2.01. The predicted octanol–water partition coefficient (Wildman–Crippen LogP) is 4.09. The predicted molar refractivity (Wildman–Crippen MR) is 67.0 cm³/mol. The van der Waals surface area contributed by atoms with Crippen molar-refractivity contribution in [3.05, 3.63) is 60.2 Å². The molecule has 2 N–H and O–H groups in total. The van der Waals surface area contributed by atoms with Gasteiger partial charge in [0.1, 0.15) is 0 Å². The van der Waals surface area contributed by atoms with Crippen LogP contribution in [-0.2, 0) is 9.62 Å². The van der Waals surface area contributed by atoms with Gasteiger partial charge in [-0.15, -0.1) is 0 Å². The summed E-state index contributed by atoms with van der Waals surface area (Å²) in [5.74, 6) is 0. The molecular weight excluding hydrogens is 216 g/mol. The molecule has 2 aromatic carbocycles. The molecule has 0 unspecified atom stereocenters. The lowest BCUT2D eigenvalue weighted by Gasteiger charge is -2.11. The first-order valence-electron chi connectivity index (χ1n) is 5.05. The fourth-order valence-corrected chi connectivity index (χ4v) is 2.88. The lowest BCUT2D eigenvalue weighted by Crippen LogP contribution is -1.97. The Morgan fingerprint density at radius 3 is 1.81 bits per heavy atom. The smallest absolute Gasteiger partial charge is 0.0322 e. The number of rotatable bonds is 2. The molecule has 0 aliphatic rings. The van der Waals surface area contributed by atoms with Crippen LogP contribution >= 0.6 is 0 Å². The lowest BCUT2D eigenvalue weighted by molar-refractivity contribution is 1.29. The standard InChI is InChI=1S/C13H14N2S/c1-11-7-9-13(10-8-11)16(14,15)12-5-3-2-4-6-12/h2-10,14-15H,1H3. The average molecular weight is 230 g/mol. The van der Waals surface area contributed by atoms with Crippen LogP contribution in [0, 0.1) is 16.5 Å². The summed E-state index contributed by atoms with van der Waals surface area (Å²) in [7, 11) is -2.36. The van der Waals surface area contributed by atoms with Gasteiger partial charge in [-0.3, -0.25) is 9.56 Å². The topological polar surface area (TPSA) is 47.7 Å². The molecule has 2 rings (SSSR count). The largest absolute Gasteiger partial charge is 0.262 e. The average Bonchev–Trinajstić information content (AvgIpc) is 2.31. The molecule has 0 fully saturated rings. The minimum Gasteiger partial charge on any atom is -0.262 e. The molecule has 0 saturated carbocycles. The van der Waals surface area contributed by atoms with Gasteiger partial charge < -0.3 is 0 Å². The van der Waals surface area contributed by atoms with Gasteiger partial charge in [0.2, 0.25) is 0 Å². The Morgan fingerprint density at radius 1 is 0.750 bits per heavy atom. The maximum atomic E-state index is 8.23. The quantitative estimate of drug-likeness (QED) is 0.780. The summed E-state index contributed by atoms with van der Waals surface area (Å²) in [5.41, 5.74) is 1.16. The van der Waals surface area contributed by atoms with E-state index in [9.17, 15) is 0 Å². The maximum Gasteiger partial charge on any atom is 0.0322 e. The van der Waals surface area contributed by atoms with Crippen molar-refractivity contribution in [1.29, 1.82) is 9.56 Å². The van der Waals surface area contributed by atoms with Crippen LogP contribution in [0.3, 0.4) is 0 Å². The number of hydrogen-bond donors (Lipinski definition) is 2. The fraction of sp³-hybridized carbons (Fsp3) is 0.0769. The highest BCUT2D eigenvalue weighted by Crippen LogP contribution is 2.22. The minimum absolute atomic E-state index is 0.777. The lowest BCUT2D eigenvalue weighted by atomic mass is 10.2. The molecule has 3 heteroatoms. The zero-order chi connectivity index (χ0) is 11.6. The molecule has 0 saturated heterocycles. The molecule has 16 heavy (non-hydrogen) atoms. The van der Waals surface area contributed by atoms with Crippen molar-refractivity contribution in [3.8, 4) is 0 Å². The first kappa shape index (κ1) is 10.9. The Kier molecular flexibility index (Phi) is 2.79. The van der Waals surface area contributed by atoms with Crippen LogP contribution in [0.5, 0.6) is 0 Å². The van der Waals surface area contributed by atoms with Gasteiger partial charge in [0, 0.05) is 9.79 Å². The van der Waals surface area contributed by atoms with Gasteiger partial charge in [-0.05, 0) is 40.8 Å². The maximum absolute atomic E-state index is 8.23. The third-order valence-corrected chi connectivity index (χ3v) is 4.43. The molecule has 0 aliphatic carbocycles. The highest BCUT2D eigenvalue weighted by molar-refractivity contribution is 7.93. The Bertz CT molecular complexity index is 569. The van der Waals surface area contributed by atoms with E-state index < -0.39 is 9.62 Å². The highest BCUT2D eigenvalue weighted by Gasteiger charge is 2.07. The van der Waals surface area contributed by atoms with Crippen molar-refractivity contribution in [3.63, 3.8) is 0 Å². The molecule has 0 aromatic heterocycles. The zero-order valence-corrected chi connectivity index (χ0v) is 9.92.